The maximum absolute atomic E-state index is 12.6. The molecule has 1 heterocycles. The van der Waals surface area contributed by atoms with Crippen LogP contribution in [-0.4, -0.2) is 29.9 Å². The number of para-hydroxylation sites is 1. The average Bonchev–Trinajstić information content (AvgIpc) is 2.65. The standard InChI is InChI=1S/C20H22BrN3O2/c1-14-12-16(21)9-10-18(14)23-19(25)15-6-5-11-24(13-15)20(26)22-17-7-3-2-4-8-17/h2-4,7-10,12,15H,5-6,11,13H2,1H3,(H,22,26)(H,23,25)/t15-/m1/s1. The number of likely N-dealkylation sites (tertiary alicyclic amines) is 1. The molecule has 0 bridgehead atoms. The predicted octanol–water partition coefficient (Wildman–Crippen LogP) is 4.64. The van der Waals surface area contributed by atoms with E-state index in [2.05, 4.69) is 26.6 Å². The highest BCUT2D eigenvalue weighted by atomic mass is 79.9. The summed E-state index contributed by atoms with van der Waals surface area (Å²) in [6, 6.07) is 15.0. The second-order valence-electron chi connectivity index (χ2n) is 6.53. The van der Waals surface area contributed by atoms with E-state index in [1.165, 1.54) is 0 Å². The summed E-state index contributed by atoms with van der Waals surface area (Å²) in [4.78, 5) is 26.8. The van der Waals surface area contributed by atoms with Gasteiger partial charge in [0, 0.05) is 28.9 Å². The van der Waals surface area contributed by atoms with E-state index in [1.807, 2.05) is 55.5 Å². The molecule has 0 aliphatic carbocycles. The number of urea groups is 1. The van der Waals surface area contributed by atoms with Crippen LogP contribution < -0.4 is 10.6 Å². The number of anilines is 2. The van der Waals surface area contributed by atoms with Gasteiger partial charge in [-0.25, -0.2) is 4.79 Å². The normalized spacial score (nSPS) is 16.8. The Bertz CT molecular complexity index is 795. The van der Waals surface area contributed by atoms with Gasteiger partial charge in [-0.3, -0.25) is 4.79 Å². The average molecular weight is 416 g/mol. The molecule has 0 radical (unpaired) electrons. The fourth-order valence-corrected chi connectivity index (χ4v) is 3.58. The van der Waals surface area contributed by atoms with E-state index in [0.717, 1.165) is 34.3 Å². The Morgan fingerprint density at radius 1 is 1.12 bits per heavy atom. The Kier molecular flexibility index (Phi) is 5.93. The van der Waals surface area contributed by atoms with Crippen molar-refractivity contribution in [2.75, 3.05) is 23.7 Å². The first-order valence-electron chi connectivity index (χ1n) is 8.71. The highest BCUT2D eigenvalue weighted by molar-refractivity contribution is 9.10. The van der Waals surface area contributed by atoms with Gasteiger partial charge in [-0.15, -0.1) is 0 Å². The number of amides is 3. The minimum absolute atomic E-state index is 0.0346. The van der Waals surface area contributed by atoms with E-state index in [4.69, 9.17) is 0 Å². The fraction of sp³-hybridized carbons (Fsp3) is 0.300. The van der Waals surface area contributed by atoms with Crippen molar-refractivity contribution in [2.45, 2.75) is 19.8 Å². The van der Waals surface area contributed by atoms with E-state index in [-0.39, 0.29) is 17.9 Å². The molecule has 1 aliphatic rings. The molecule has 3 amide bonds. The maximum atomic E-state index is 12.6. The number of carbonyl (C=O) groups excluding carboxylic acids is 2. The zero-order valence-corrected chi connectivity index (χ0v) is 16.3. The van der Waals surface area contributed by atoms with Gasteiger partial charge in [0.25, 0.3) is 0 Å². The van der Waals surface area contributed by atoms with E-state index in [9.17, 15) is 9.59 Å². The third-order valence-electron chi connectivity index (χ3n) is 4.55. The molecule has 1 saturated heterocycles. The Morgan fingerprint density at radius 2 is 1.88 bits per heavy atom. The lowest BCUT2D eigenvalue weighted by molar-refractivity contribution is -0.121. The van der Waals surface area contributed by atoms with Crippen molar-refractivity contribution in [1.29, 1.82) is 0 Å². The molecular weight excluding hydrogens is 394 g/mol. The summed E-state index contributed by atoms with van der Waals surface area (Å²) in [7, 11) is 0. The Morgan fingerprint density at radius 3 is 2.62 bits per heavy atom. The predicted molar refractivity (Wildman–Crippen MR) is 107 cm³/mol. The summed E-state index contributed by atoms with van der Waals surface area (Å²) in [5.74, 6) is -0.235. The number of hydrogen-bond donors (Lipinski definition) is 2. The van der Waals surface area contributed by atoms with Gasteiger partial charge in [-0.1, -0.05) is 34.1 Å². The third kappa shape index (κ3) is 4.64. The summed E-state index contributed by atoms with van der Waals surface area (Å²) in [6.07, 6.45) is 1.61. The molecule has 136 valence electrons. The highest BCUT2D eigenvalue weighted by Gasteiger charge is 2.28. The summed E-state index contributed by atoms with van der Waals surface area (Å²) in [6.45, 7) is 3.06. The van der Waals surface area contributed by atoms with Crippen LogP contribution in [0.3, 0.4) is 0 Å². The zero-order chi connectivity index (χ0) is 18.5. The molecule has 0 unspecified atom stereocenters. The molecule has 1 fully saturated rings. The van der Waals surface area contributed by atoms with Crippen molar-refractivity contribution in [1.82, 2.24) is 4.90 Å². The van der Waals surface area contributed by atoms with Gasteiger partial charge in [0.05, 0.1) is 5.92 Å². The van der Waals surface area contributed by atoms with Crippen LogP contribution >= 0.6 is 15.9 Å². The number of halogens is 1. The van der Waals surface area contributed by atoms with Crippen molar-refractivity contribution in [2.24, 2.45) is 5.92 Å². The first kappa shape index (κ1) is 18.5. The first-order chi connectivity index (χ1) is 12.5. The van der Waals surface area contributed by atoms with Crippen molar-refractivity contribution >= 4 is 39.2 Å². The van der Waals surface area contributed by atoms with Crippen LogP contribution in [0, 0.1) is 12.8 Å². The third-order valence-corrected chi connectivity index (χ3v) is 5.04. The molecule has 2 aromatic carbocycles. The molecule has 0 aromatic heterocycles. The minimum Gasteiger partial charge on any atom is -0.326 e. The van der Waals surface area contributed by atoms with Crippen molar-refractivity contribution < 1.29 is 9.59 Å². The quantitative estimate of drug-likeness (QED) is 0.766. The monoisotopic (exact) mass is 415 g/mol. The van der Waals surface area contributed by atoms with Crippen LogP contribution in [0.2, 0.25) is 0 Å². The molecule has 1 aliphatic heterocycles. The summed E-state index contributed by atoms with van der Waals surface area (Å²) in [5, 5.41) is 5.88. The van der Waals surface area contributed by atoms with Crippen LogP contribution in [0.5, 0.6) is 0 Å². The van der Waals surface area contributed by atoms with Gasteiger partial charge >= 0.3 is 6.03 Å². The number of nitrogens with zero attached hydrogens (tertiary/aromatic N) is 1. The van der Waals surface area contributed by atoms with Crippen LogP contribution in [0.25, 0.3) is 0 Å². The Labute approximate surface area is 161 Å². The van der Waals surface area contributed by atoms with Crippen LogP contribution in [0.4, 0.5) is 16.2 Å². The topological polar surface area (TPSA) is 61.4 Å². The van der Waals surface area contributed by atoms with E-state index < -0.39 is 0 Å². The lowest BCUT2D eigenvalue weighted by atomic mass is 9.97. The summed E-state index contributed by atoms with van der Waals surface area (Å²) >= 11 is 3.43. The van der Waals surface area contributed by atoms with Gasteiger partial charge in [-0.05, 0) is 55.7 Å². The van der Waals surface area contributed by atoms with Gasteiger partial charge in [0.15, 0.2) is 0 Å². The number of rotatable bonds is 3. The molecular formula is C20H22BrN3O2. The molecule has 1 atom stereocenters. The number of benzene rings is 2. The fourth-order valence-electron chi connectivity index (χ4n) is 3.10. The van der Waals surface area contributed by atoms with E-state index in [1.54, 1.807) is 4.90 Å². The number of nitrogens with one attached hydrogen (secondary N) is 2. The summed E-state index contributed by atoms with van der Waals surface area (Å²) < 4.78 is 0.981. The molecule has 2 aromatic rings. The zero-order valence-electron chi connectivity index (χ0n) is 14.7. The SMILES string of the molecule is Cc1cc(Br)ccc1NC(=O)[C@@H]1CCCN(C(=O)Nc2ccccc2)C1. The van der Waals surface area contributed by atoms with E-state index >= 15 is 0 Å². The van der Waals surface area contributed by atoms with Crippen molar-refractivity contribution in [3.05, 3.63) is 58.6 Å². The van der Waals surface area contributed by atoms with Crippen LogP contribution in [-0.2, 0) is 4.79 Å². The molecule has 5 nitrogen and oxygen atoms in total. The smallest absolute Gasteiger partial charge is 0.321 e. The summed E-state index contributed by atoms with van der Waals surface area (Å²) in [5.41, 5.74) is 2.57. The number of hydrogen-bond acceptors (Lipinski definition) is 2. The minimum atomic E-state index is -0.201. The number of piperidine rings is 1. The van der Waals surface area contributed by atoms with E-state index in [0.29, 0.717) is 13.1 Å². The van der Waals surface area contributed by atoms with Crippen molar-refractivity contribution in [3.63, 3.8) is 0 Å². The first-order valence-corrected chi connectivity index (χ1v) is 9.50. The van der Waals surface area contributed by atoms with Gasteiger partial charge in [0.1, 0.15) is 0 Å². The maximum Gasteiger partial charge on any atom is 0.321 e. The van der Waals surface area contributed by atoms with Gasteiger partial charge < -0.3 is 15.5 Å². The van der Waals surface area contributed by atoms with Gasteiger partial charge in [0.2, 0.25) is 5.91 Å². The molecule has 3 rings (SSSR count). The lowest BCUT2D eigenvalue weighted by Crippen LogP contribution is -2.45. The number of carbonyl (C=O) groups is 2. The molecule has 2 N–H and O–H groups in total. The Hall–Kier alpha value is -2.34. The van der Waals surface area contributed by atoms with Crippen LogP contribution in [0.15, 0.2) is 53.0 Å². The lowest BCUT2D eigenvalue weighted by Gasteiger charge is -2.32. The highest BCUT2D eigenvalue weighted by Crippen LogP contribution is 2.23. The van der Waals surface area contributed by atoms with Crippen molar-refractivity contribution in [3.8, 4) is 0 Å². The molecule has 6 heteroatoms. The van der Waals surface area contributed by atoms with Crippen LogP contribution in [0.1, 0.15) is 18.4 Å². The molecule has 0 saturated carbocycles. The second-order valence-corrected chi connectivity index (χ2v) is 7.45. The molecule has 0 spiro atoms. The second kappa shape index (κ2) is 8.36. The largest absolute Gasteiger partial charge is 0.326 e. The number of aryl methyl sites for hydroxylation is 1. The Balaban J connectivity index is 1.60. The van der Waals surface area contributed by atoms with Gasteiger partial charge in [-0.2, -0.15) is 0 Å². The molecule has 26 heavy (non-hydrogen) atoms.